The summed E-state index contributed by atoms with van der Waals surface area (Å²) in [5.74, 6) is -0.199. The van der Waals surface area contributed by atoms with Gasteiger partial charge in [0.1, 0.15) is 16.7 Å². The summed E-state index contributed by atoms with van der Waals surface area (Å²) in [5.41, 5.74) is 1.26. The molecule has 0 spiro atoms. The number of halogens is 2. The molecule has 4 rings (SSSR count). The van der Waals surface area contributed by atoms with Crippen molar-refractivity contribution in [3.05, 3.63) is 62.6 Å². The Morgan fingerprint density at radius 3 is 2.71 bits per heavy atom. The fourth-order valence-corrected chi connectivity index (χ4v) is 3.89. The number of hydrazone groups is 1. The van der Waals surface area contributed by atoms with Gasteiger partial charge >= 0.3 is 0 Å². The van der Waals surface area contributed by atoms with Gasteiger partial charge in [-0.1, -0.05) is 53.0 Å². The standard InChI is InChI=1S/C20H16BrClN4O2/c1-2-3-7-16-24-15(18(22)25-16)10-23-26-19(27)12-6-4-5-11-14(21)9-8-13(17(11)12)20(26)28/h4-6,8-10H,2-3,7H2,1H3,(H,24,25)/b23-10+. The Morgan fingerprint density at radius 2 is 1.96 bits per heavy atom. The number of imide groups is 1. The molecule has 6 nitrogen and oxygen atoms in total. The highest BCUT2D eigenvalue weighted by molar-refractivity contribution is 9.10. The lowest BCUT2D eigenvalue weighted by Crippen LogP contribution is -2.36. The molecule has 1 aliphatic rings. The molecule has 8 heteroatoms. The van der Waals surface area contributed by atoms with E-state index in [-0.39, 0.29) is 0 Å². The molecule has 0 bridgehead atoms. The summed E-state index contributed by atoms with van der Waals surface area (Å²) < 4.78 is 0.827. The van der Waals surface area contributed by atoms with Gasteiger partial charge in [0.05, 0.1) is 17.3 Å². The zero-order valence-electron chi connectivity index (χ0n) is 15.0. The van der Waals surface area contributed by atoms with E-state index in [4.69, 9.17) is 11.6 Å². The van der Waals surface area contributed by atoms with Crippen LogP contribution in [0.4, 0.5) is 0 Å². The zero-order valence-corrected chi connectivity index (χ0v) is 17.3. The predicted molar refractivity (Wildman–Crippen MR) is 112 cm³/mol. The number of nitrogens with zero attached hydrogens (tertiary/aromatic N) is 3. The second-order valence-electron chi connectivity index (χ2n) is 6.48. The summed E-state index contributed by atoms with van der Waals surface area (Å²) in [4.78, 5) is 33.2. The first-order valence-electron chi connectivity index (χ1n) is 8.89. The van der Waals surface area contributed by atoms with Crippen molar-refractivity contribution in [2.75, 3.05) is 0 Å². The van der Waals surface area contributed by atoms with Crippen LogP contribution in [0, 0.1) is 0 Å². The Hall–Kier alpha value is -2.51. The maximum atomic E-state index is 12.9. The number of hydrogen-bond donors (Lipinski definition) is 1. The van der Waals surface area contributed by atoms with Gasteiger partial charge in [-0.2, -0.15) is 10.1 Å². The number of benzene rings is 2. The van der Waals surface area contributed by atoms with E-state index in [1.807, 2.05) is 6.07 Å². The van der Waals surface area contributed by atoms with Gasteiger partial charge in [-0.25, -0.2) is 4.98 Å². The molecule has 0 saturated carbocycles. The van der Waals surface area contributed by atoms with Crippen molar-refractivity contribution in [2.24, 2.45) is 5.10 Å². The topological polar surface area (TPSA) is 78.4 Å². The second kappa shape index (κ2) is 7.48. The van der Waals surface area contributed by atoms with Gasteiger partial charge in [0, 0.05) is 16.3 Å². The molecule has 0 aliphatic carbocycles. The number of H-pyrrole nitrogens is 1. The van der Waals surface area contributed by atoms with Crippen molar-refractivity contribution in [1.29, 1.82) is 0 Å². The van der Waals surface area contributed by atoms with E-state index in [2.05, 4.69) is 37.9 Å². The number of unbranched alkanes of at least 4 members (excludes halogenated alkanes) is 1. The van der Waals surface area contributed by atoms with Crippen molar-refractivity contribution in [2.45, 2.75) is 26.2 Å². The lowest BCUT2D eigenvalue weighted by atomic mass is 9.95. The lowest BCUT2D eigenvalue weighted by molar-refractivity contribution is 0.0616. The third-order valence-corrected chi connectivity index (χ3v) is 5.61. The van der Waals surface area contributed by atoms with E-state index in [0.717, 1.165) is 40.0 Å². The Balaban J connectivity index is 1.70. The van der Waals surface area contributed by atoms with Crippen LogP contribution in [0.3, 0.4) is 0 Å². The molecule has 28 heavy (non-hydrogen) atoms. The molecular weight excluding hydrogens is 444 g/mol. The number of amides is 2. The highest BCUT2D eigenvalue weighted by Gasteiger charge is 2.33. The maximum absolute atomic E-state index is 12.9. The van der Waals surface area contributed by atoms with Gasteiger partial charge in [0.25, 0.3) is 11.8 Å². The molecule has 1 N–H and O–H groups in total. The van der Waals surface area contributed by atoms with E-state index in [9.17, 15) is 9.59 Å². The van der Waals surface area contributed by atoms with E-state index in [1.165, 1.54) is 6.21 Å². The van der Waals surface area contributed by atoms with Crippen LogP contribution in [-0.4, -0.2) is 33.0 Å². The van der Waals surface area contributed by atoms with Crippen LogP contribution in [-0.2, 0) is 6.42 Å². The summed E-state index contributed by atoms with van der Waals surface area (Å²) in [6.45, 7) is 2.09. The van der Waals surface area contributed by atoms with E-state index in [1.54, 1.807) is 24.3 Å². The minimum absolute atomic E-state index is 0.332. The molecule has 0 saturated heterocycles. The van der Waals surface area contributed by atoms with Crippen LogP contribution >= 0.6 is 27.5 Å². The molecule has 2 heterocycles. The maximum Gasteiger partial charge on any atom is 0.282 e. The summed E-state index contributed by atoms with van der Waals surface area (Å²) in [7, 11) is 0. The van der Waals surface area contributed by atoms with Crippen LogP contribution in [0.15, 0.2) is 39.9 Å². The Labute approximate surface area is 174 Å². The highest BCUT2D eigenvalue weighted by atomic mass is 79.9. The van der Waals surface area contributed by atoms with Gasteiger partial charge in [-0.15, -0.1) is 0 Å². The summed E-state index contributed by atoms with van der Waals surface area (Å²) in [6, 6.07) is 8.83. The average molecular weight is 460 g/mol. The second-order valence-corrected chi connectivity index (χ2v) is 7.71. The molecular formula is C20H16BrClN4O2. The number of carbonyl (C=O) groups excluding carboxylic acids is 2. The van der Waals surface area contributed by atoms with Gasteiger partial charge in [0.15, 0.2) is 0 Å². The third-order valence-electron chi connectivity index (χ3n) is 4.63. The number of rotatable bonds is 5. The minimum atomic E-state index is -0.477. The molecule has 0 radical (unpaired) electrons. The normalized spacial score (nSPS) is 13.9. The van der Waals surface area contributed by atoms with Crippen molar-refractivity contribution in [3.8, 4) is 0 Å². The summed E-state index contributed by atoms with van der Waals surface area (Å²) in [6.07, 6.45) is 4.14. The first kappa shape index (κ1) is 18.8. The third kappa shape index (κ3) is 3.14. The first-order valence-corrected chi connectivity index (χ1v) is 10.1. The molecule has 1 aromatic heterocycles. The summed E-state index contributed by atoms with van der Waals surface area (Å²) >= 11 is 9.65. The molecule has 0 atom stereocenters. The Bertz CT molecular complexity index is 1120. The largest absolute Gasteiger partial charge is 0.332 e. The predicted octanol–water partition coefficient (Wildman–Crippen LogP) is 4.95. The number of aromatic amines is 1. The SMILES string of the molecule is CCCCc1nc(/C=N/N2C(=O)c3cccc4c(Br)ccc(c34)C2=O)c(Cl)[nH]1. The number of aryl methyl sites for hydroxylation is 1. The van der Waals surface area contributed by atoms with Gasteiger partial charge in [0.2, 0.25) is 0 Å². The molecule has 142 valence electrons. The zero-order chi connectivity index (χ0) is 19.8. The number of imidazole rings is 1. The number of hydrogen-bond acceptors (Lipinski definition) is 4. The van der Waals surface area contributed by atoms with Crippen molar-refractivity contribution < 1.29 is 9.59 Å². The van der Waals surface area contributed by atoms with Crippen molar-refractivity contribution in [3.63, 3.8) is 0 Å². The molecule has 1 aliphatic heterocycles. The van der Waals surface area contributed by atoms with Gasteiger partial charge < -0.3 is 4.98 Å². The van der Waals surface area contributed by atoms with E-state index in [0.29, 0.717) is 27.4 Å². The smallest absolute Gasteiger partial charge is 0.282 e. The summed E-state index contributed by atoms with van der Waals surface area (Å²) in [5, 5.41) is 6.76. The molecule has 0 unspecified atom stereocenters. The molecule has 2 aromatic carbocycles. The van der Waals surface area contributed by atoms with Gasteiger partial charge in [-0.05, 0) is 30.0 Å². The first-order chi connectivity index (χ1) is 13.5. The van der Waals surface area contributed by atoms with E-state index >= 15 is 0 Å². The molecule has 2 amide bonds. The van der Waals surface area contributed by atoms with Crippen LogP contribution in [0.25, 0.3) is 10.8 Å². The van der Waals surface area contributed by atoms with Crippen LogP contribution in [0.2, 0.25) is 5.15 Å². The Morgan fingerprint density at radius 1 is 1.21 bits per heavy atom. The van der Waals surface area contributed by atoms with Crippen LogP contribution < -0.4 is 0 Å². The van der Waals surface area contributed by atoms with Crippen molar-refractivity contribution >= 4 is 56.3 Å². The average Bonchev–Trinajstić information content (AvgIpc) is 3.05. The number of carbonyl (C=O) groups is 2. The number of nitrogens with one attached hydrogen (secondary N) is 1. The molecule has 3 aromatic rings. The molecule has 0 fully saturated rings. The fraction of sp³-hybridized carbons (Fsp3) is 0.200. The fourth-order valence-electron chi connectivity index (χ4n) is 3.23. The highest BCUT2D eigenvalue weighted by Crippen LogP contribution is 2.34. The van der Waals surface area contributed by atoms with Crippen LogP contribution in [0.1, 0.15) is 52.0 Å². The van der Waals surface area contributed by atoms with Crippen LogP contribution in [0.5, 0.6) is 0 Å². The lowest BCUT2D eigenvalue weighted by Gasteiger charge is -2.23. The monoisotopic (exact) mass is 458 g/mol. The quantitative estimate of drug-likeness (QED) is 0.433. The number of aromatic nitrogens is 2. The van der Waals surface area contributed by atoms with Crippen molar-refractivity contribution in [1.82, 2.24) is 15.0 Å². The van der Waals surface area contributed by atoms with Gasteiger partial charge in [-0.3, -0.25) is 9.59 Å². The Kier molecular flexibility index (Phi) is 5.03. The van der Waals surface area contributed by atoms with E-state index < -0.39 is 11.8 Å². The minimum Gasteiger partial charge on any atom is -0.332 e.